The zero-order chi connectivity index (χ0) is 8.65. The summed E-state index contributed by atoms with van der Waals surface area (Å²) in [6, 6.07) is -0.472. The second-order valence-corrected chi connectivity index (χ2v) is 3.15. The number of β-lactam (4-membered cyclic amide) rings is 1. The Labute approximate surface area is 64.9 Å². The molecule has 1 saturated heterocycles. The van der Waals surface area contributed by atoms with Gasteiger partial charge in [0.05, 0.1) is 12.5 Å². The van der Waals surface area contributed by atoms with Crippen LogP contribution in [0.4, 0.5) is 0 Å². The zero-order valence-electron chi connectivity index (χ0n) is 6.80. The molecule has 0 aromatic heterocycles. The van der Waals surface area contributed by atoms with Crippen LogP contribution in [0, 0.1) is 5.41 Å². The van der Waals surface area contributed by atoms with E-state index in [9.17, 15) is 9.59 Å². The van der Waals surface area contributed by atoms with Crippen LogP contribution < -0.4 is 5.32 Å². The molecular formula is C7H11NO3. The van der Waals surface area contributed by atoms with E-state index in [-0.39, 0.29) is 11.9 Å². The quantitative estimate of drug-likeness (QED) is 0.419. The number of carbonyl (C=O) groups excluding carboxylic acids is 2. The SMILES string of the molecule is COC(=O)[C@@H]1NC(=O)C1(C)C. The Morgan fingerprint density at radius 3 is 2.45 bits per heavy atom. The molecular weight excluding hydrogens is 146 g/mol. The lowest BCUT2D eigenvalue weighted by Gasteiger charge is -2.41. The molecule has 1 amide bonds. The molecule has 0 saturated carbocycles. The Hall–Kier alpha value is -1.06. The molecule has 1 aliphatic heterocycles. The van der Waals surface area contributed by atoms with Crippen molar-refractivity contribution >= 4 is 11.9 Å². The van der Waals surface area contributed by atoms with Crippen molar-refractivity contribution in [2.24, 2.45) is 5.41 Å². The molecule has 0 spiro atoms. The number of ether oxygens (including phenoxy) is 1. The van der Waals surface area contributed by atoms with Gasteiger partial charge in [0.2, 0.25) is 5.91 Å². The van der Waals surface area contributed by atoms with Crippen molar-refractivity contribution in [2.45, 2.75) is 19.9 Å². The van der Waals surface area contributed by atoms with E-state index >= 15 is 0 Å². The number of amides is 1. The van der Waals surface area contributed by atoms with Gasteiger partial charge in [0.15, 0.2) is 0 Å². The van der Waals surface area contributed by atoms with Crippen LogP contribution in [0.3, 0.4) is 0 Å². The van der Waals surface area contributed by atoms with E-state index in [2.05, 4.69) is 10.1 Å². The van der Waals surface area contributed by atoms with Crippen molar-refractivity contribution < 1.29 is 14.3 Å². The summed E-state index contributed by atoms with van der Waals surface area (Å²) >= 11 is 0. The second kappa shape index (κ2) is 2.22. The van der Waals surface area contributed by atoms with E-state index in [0.717, 1.165) is 0 Å². The first-order valence-corrected chi connectivity index (χ1v) is 3.39. The molecule has 62 valence electrons. The highest BCUT2D eigenvalue weighted by atomic mass is 16.5. The van der Waals surface area contributed by atoms with Gasteiger partial charge >= 0.3 is 5.97 Å². The van der Waals surface area contributed by atoms with Gasteiger partial charge in [-0.1, -0.05) is 0 Å². The fourth-order valence-electron chi connectivity index (χ4n) is 1.02. The second-order valence-electron chi connectivity index (χ2n) is 3.15. The van der Waals surface area contributed by atoms with Gasteiger partial charge in [-0.05, 0) is 13.8 Å². The Kier molecular flexibility index (Phi) is 1.62. The maximum absolute atomic E-state index is 10.9. The summed E-state index contributed by atoms with van der Waals surface area (Å²) in [6.45, 7) is 3.43. The predicted molar refractivity (Wildman–Crippen MR) is 37.7 cm³/mol. The van der Waals surface area contributed by atoms with E-state index in [4.69, 9.17) is 0 Å². The zero-order valence-corrected chi connectivity index (χ0v) is 6.80. The standard InChI is InChI=1S/C7H11NO3/c1-7(2)4(5(9)11-3)8-6(7)10/h4H,1-3H3,(H,8,10)/t4-/m0/s1. The topological polar surface area (TPSA) is 55.4 Å². The molecule has 0 aliphatic carbocycles. The molecule has 1 fully saturated rings. The van der Waals surface area contributed by atoms with Gasteiger partial charge in [-0.3, -0.25) is 4.79 Å². The van der Waals surface area contributed by atoms with Crippen molar-refractivity contribution in [3.8, 4) is 0 Å². The highest BCUT2D eigenvalue weighted by Gasteiger charge is 2.52. The first-order valence-electron chi connectivity index (χ1n) is 3.39. The van der Waals surface area contributed by atoms with E-state index in [1.807, 2.05) is 0 Å². The highest BCUT2D eigenvalue weighted by Crippen LogP contribution is 2.29. The summed E-state index contributed by atoms with van der Waals surface area (Å²) in [5, 5.41) is 2.47. The average Bonchev–Trinajstić information content (AvgIpc) is 1.98. The lowest BCUT2D eigenvalue weighted by atomic mass is 9.76. The third-order valence-corrected chi connectivity index (χ3v) is 2.02. The Morgan fingerprint density at radius 2 is 2.18 bits per heavy atom. The molecule has 0 bridgehead atoms. The van der Waals surface area contributed by atoms with Crippen molar-refractivity contribution in [3.05, 3.63) is 0 Å². The molecule has 1 heterocycles. The summed E-state index contributed by atoms with van der Waals surface area (Å²) in [6.07, 6.45) is 0. The maximum Gasteiger partial charge on any atom is 0.329 e. The lowest BCUT2D eigenvalue weighted by molar-refractivity contribution is -0.161. The minimum Gasteiger partial charge on any atom is -0.467 e. The van der Waals surface area contributed by atoms with Gasteiger partial charge < -0.3 is 10.1 Å². The van der Waals surface area contributed by atoms with Crippen LogP contribution in [-0.4, -0.2) is 25.0 Å². The Bertz CT molecular complexity index is 210. The molecule has 0 aromatic carbocycles. The predicted octanol–water partition coefficient (Wildman–Crippen LogP) is -0.316. The van der Waals surface area contributed by atoms with Gasteiger partial charge in [-0.25, -0.2) is 4.79 Å². The van der Waals surface area contributed by atoms with Crippen molar-refractivity contribution in [1.82, 2.24) is 5.32 Å². The maximum atomic E-state index is 10.9. The summed E-state index contributed by atoms with van der Waals surface area (Å²) < 4.78 is 4.48. The largest absolute Gasteiger partial charge is 0.467 e. The average molecular weight is 157 g/mol. The van der Waals surface area contributed by atoms with Gasteiger partial charge in [-0.15, -0.1) is 0 Å². The number of hydrogen-bond donors (Lipinski definition) is 1. The minimum atomic E-state index is -0.604. The van der Waals surface area contributed by atoms with Gasteiger partial charge in [0.1, 0.15) is 6.04 Å². The monoisotopic (exact) mass is 157 g/mol. The Balaban J connectivity index is 2.66. The molecule has 1 rings (SSSR count). The van der Waals surface area contributed by atoms with Gasteiger partial charge in [0, 0.05) is 0 Å². The van der Waals surface area contributed by atoms with Crippen LogP contribution in [0.25, 0.3) is 0 Å². The first-order chi connectivity index (χ1) is 5.00. The number of rotatable bonds is 1. The smallest absolute Gasteiger partial charge is 0.329 e. The molecule has 1 aliphatic rings. The number of carbonyl (C=O) groups is 2. The molecule has 4 nitrogen and oxygen atoms in total. The third kappa shape index (κ3) is 0.982. The van der Waals surface area contributed by atoms with Crippen molar-refractivity contribution in [1.29, 1.82) is 0 Å². The van der Waals surface area contributed by atoms with Crippen LogP contribution in [0.1, 0.15) is 13.8 Å². The first kappa shape index (κ1) is 8.04. The molecule has 0 unspecified atom stereocenters. The lowest BCUT2D eigenvalue weighted by Crippen LogP contribution is -2.67. The minimum absolute atomic E-state index is 0.104. The van der Waals surface area contributed by atoms with E-state index in [1.165, 1.54) is 7.11 Å². The number of nitrogens with one attached hydrogen (secondary N) is 1. The van der Waals surface area contributed by atoms with E-state index in [1.54, 1.807) is 13.8 Å². The van der Waals surface area contributed by atoms with Gasteiger partial charge in [-0.2, -0.15) is 0 Å². The van der Waals surface area contributed by atoms with Gasteiger partial charge in [0.25, 0.3) is 0 Å². The number of esters is 1. The summed E-state index contributed by atoms with van der Waals surface area (Å²) in [5.41, 5.74) is -0.604. The fourth-order valence-corrected chi connectivity index (χ4v) is 1.02. The van der Waals surface area contributed by atoms with E-state index in [0.29, 0.717) is 0 Å². The summed E-state index contributed by atoms with van der Waals surface area (Å²) in [5.74, 6) is -0.484. The molecule has 0 radical (unpaired) electrons. The van der Waals surface area contributed by atoms with Crippen LogP contribution >= 0.6 is 0 Å². The van der Waals surface area contributed by atoms with Crippen LogP contribution in [0.15, 0.2) is 0 Å². The number of methoxy groups -OCH3 is 1. The molecule has 1 N–H and O–H groups in total. The fraction of sp³-hybridized carbons (Fsp3) is 0.714. The Morgan fingerprint density at radius 1 is 1.64 bits per heavy atom. The summed E-state index contributed by atoms with van der Waals surface area (Å²) in [7, 11) is 1.31. The van der Waals surface area contributed by atoms with Crippen molar-refractivity contribution in [3.63, 3.8) is 0 Å². The molecule has 4 heteroatoms. The van der Waals surface area contributed by atoms with Crippen LogP contribution in [0.2, 0.25) is 0 Å². The molecule has 0 aromatic rings. The van der Waals surface area contributed by atoms with E-state index < -0.39 is 11.5 Å². The third-order valence-electron chi connectivity index (χ3n) is 2.02. The number of hydrogen-bond acceptors (Lipinski definition) is 3. The van der Waals surface area contributed by atoms with Crippen LogP contribution in [-0.2, 0) is 14.3 Å². The highest BCUT2D eigenvalue weighted by molar-refractivity contribution is 5.99. The normalized spacial score (nSPS) is 26.8. The van der Waals surface area contributed by atoms with Crippen molar-refractivity contribution in [2.75, 3.05) is 7.11 Å². The summed E-state index contributed by atoms with van der Waals surface area (Å²) in [4.78, 5) is 21.8. The molecule has 1 atom stereocenters. The van der Waals surface area contributed by atoms with Crippen LogP contribution in [0.5, 0.6) is 0 Å². The molecule has 11 heavy (non-hydrogen) atoms.